The quantitative estimate of drug-likeness (QED) is 0.498. The van der Waals surface area contributed by atoms with Gasteiger partial charge in [0.25, 0.3) is 5.69 Å². The van der Waals surface area contributed by atoms with E-state index in [0.29, 0.717) is 11.3 Å². The van der Waals surface area contributed by atoms with Crippen molar-refractivity contribution in [2.45, 2.75) is 12.5 Å². The molecular weight excluding hydrogens is 353 g/mol. The lowest BCUT2D eigenvalue weighted by atomic mass is 10.2. The van der Waals surface area contributed by atoms with Crippen LogP contribution in [-0.4, -0.2) is 29.3 Å². The molecular formula is C19H16FN3O4. The maximum Gasteiger partial charge on any atom is 0.269 e. The zero-order chi connectivity index (χ0) is 19.4. The van der Waals surface area contributed by atoms with Gasteiger partial charge in [-0.1, -0.05) is 6.07 Å². The highest BCUT2D eigenvalue weighted by molar-refractivity contribution is 5.98. The van der Waals surface area contributed by atoms with Crippen LogP contribution in [0.15, 0.2) is 54.6 Å². The summed E-state index contributed by atoms with van der Waals surface area (Å²) < 4.78 is 13.3. The molecule has 0 radical (unpaired) electrons. The molecule has 138 valence electrons. The lowest BCUT2D eigenvalue weighted by molar-refractivity contribution is -0.384. The van der Waals surface area contributed by atoms with Crippen molar-refractivity contribution in [3.05, 3.63) is 76.1 Å². The molecule has 1 aliphatic rings. The SMILES string of the molecule is O=C(/C=C\c1ccc([N+](=O)[O-])cc1)N[C@H]1CC(=O)N(c2cccc(F)c2)C1. The first-order valence-electron chi connectivity index (χ1n) is 8.21. The minimum atomic E-state index is -0.498. The molecule has 0 aromatic heterocycles. The smallest absolute Gasteiger partial charge is 0.269 e. The highest BCUT2D eigenvalue weighted by Gasteiger charge is 2.31. The third kappa shape index (κ3) is 4.55. The zero-order valence-electron chi connectivity index (χ0n) is 14.2. The molecule has 1 fully saturated rings. The van der Waals surface area contributed by atoms with E-state index in [2.05, 4.69) is 5.32 Å². The minimum absolute atomic E-state index is 0.0292. The van der Waals surface area contributed by atoms with Gasteiger partial charge in [0.2, 0.25) is 11.8 Å². The van der Waals surface area contributed by atoms with Gasteiger partial charge in [-0.25, -0.2) is 4.39 Å². The maximum absolute atomic E-state index is 13.3. The van der Waals surface area contributed by atoms with Crippen molar-refractivity contribution < 1.29 is 18.9 Å². The molecule has 0 spiro atoms. The van der Waals surface area contributed by atoms with Crippen LogP contribution in [0.5, 0.6) is 0 Å². The van der Waals surface area contributed by atoms with E-state index < -0.39 is 10.7 Å². The standard InChI is InChI=1S/C19H16FN3O4/c20-14-2-1-3-17(10-14)22-12-15(11-19(22)25)21-18(24)9-6-13-4-7-16(8-5-13)23(26)27/h1-10,15H,11-12H2,(H,21,24)/b9-6-/t15-/m0/s1. The average molecular weight is 369 g/mol. The van der Waals surface area contributed by atoms with E-state index in [1.807, 2.05) is 0 Å². The number of hydrogen-bond donors (Lipinski definition) is 1. The number of carbonyl (C=O) groups is 2. The highest BCUT2D eigenvalue weighted by Crippen LogP contribution is 2.22. The fraction of sp³-hybridized carbons (Fsp3) is 0.158. The van der Waals surface area contributed by atoms with Gasteiger partial charge in [0, 0.05) is 36.9 Å². The van der Waals surface area contributed by atoms with Crippen LogP contribution in [0.25, 0.3) is 6.08 Å². The van der Waals surface area contributed by atoms with Crippen LogP contribution in [0.4, 0.5) is 15.8 Å². The summed E-state index contributed by atoms with van der Waals surface area (Å²) in [5.41, 5.74) is 1.07. The van der Waals surface area contributed by atoms with Crippen LogP contribution in [0.1, 0.15) is 12.0 Å². The van der Waals surface area contributed by atoms with Gasteiger partial charge in [-0.05, 0) is 42.0 Å². The average Bonchev–Trinajstić information content (AvgIpc) is 3.00. The summed E-state index contributed by atoms with van der Waals surface area (Å²) in [5.74, 6) is -1.00. The Morgan fingerprint density at radius 3 is 2.67 bits per heavy atom. The van der Waals surface area contributed by atoms with Crippen LogP contribution in [0, 0.1) is 15.9 Å². The number of carbonyl (C=O) groups excluding carboxylic acids is 2. The first kappa shape index (κ1) is 18.2. The van der Waals surface area contributed by atoms with Gasteiger partial charge in [-0.15, -0.1) is 0 Å². The summed E-state index contributed by atoms with van der Waals surface area (Å²) >= 11 is 0. The Morgan fingerprint density at radius 2 is 2.00 bits per heavy atom. The molecule has 1 heterocycles. The Balaban J connectivity index is 1.58. The number of hydrogen-bond acceptors (Lipinski definition) is 4. The number of amides is 2. The summed E-state index contributed by atoms with van der Waals surface area (Å²) in [6.45, 7) is 0.263. The van der Waals surface area contributed by atoms with E-state index in [4.69, 9.17) is 0 Å². The topological polar surface area (TPSA) is 92.5 Å². The Bertz CT molecular complexity index is 911. The van der Waals surface area contributed by atoms with E-state index in [1.54, 1.807) is 6.07 Å². The minimum Gasteiger partial charge on any atom is -0.347 e. The van der Waals surface area contributed by atoms with Crippen LogP contribution in [0.3, 0.4) is 0 Å². The van der Waals surface area contributed by atoms with Gasteiger partial charge >= 0.3 is 0 Å². The third-order valence-corrected chi connectivity index (χ3v) is 4.12. The van der Waals surface area contributed by atoms with Crippen LogP contribution < -0.4 is 10.2 Å². The summed E-state index contributed by atoms with van der Waals surface area (Å²) in [6, 6.07) is 11.1. The molecule has 1 aliphatic heterocycles. The van der Waals surface area contributed by atoms with Crippen molar-refractivity contribution >= 4 is 29.3 Å². The predicted molar refractivity (Wildman–Crippen MR) is 97.4 cm³/mol. The van der Waals surface area contributed by atoms with Gasteiger partial charge < -0.3 is 10.2 Å². The molecule has 1 N–H and O–H groups in total. The van der Waals surface area contributed by atoms with Gasteiger partial charge in [0.15, 0.2) is 0 Å². The molecule has 2 aromatic carbocycles. The van der Waals surface area contributed by atoms with Crippen LogP contribution in [-0.2, 0) is 9.59 Å². The first-order chi connectivity index (χ1) is 12.9. The summed E-state index contributed by atoms with van der Waals surface area (Å²) in [6.07, 6.45) is 2.96. The molecule has 0 aliphatic carbocycles. The summed E-state index contributed by atoms with van der Waals surface area (Å²) in [5, 5.41) is 13.4. The molecule has 1 saturated heterocycles. The normalized spacial score (nSPS) is 16.7. The summed E-state index contributed by atoms with van der Waals surface area (Å²) in [4.78, 5) is 35.7. The van der Waals surface area contributed by atoms with Gasteiger partial charge in [0.05, 0.1) is 11.0 Å². The molecule has 8 heteroatoms. The number of benzene rings is 2. The Hall–Kier alpha value is -3.55. The first-order valence-corrected chi connectivity index (χ1v) is 8.21. The van der Waals surface area contributed by atoms with Gasteiger partial charge in [0.1, 0.15) is 5.82 Å². The Labute approximate surface area is 154 Å². The van der Waals surface area contributed by atoms with E-state index in [9.17, 15) is 24.1 Å². The predicted octanol–water partition coefficient (Wildman–Crippen LogP) is 2.67. The molecule has 7 nitrogen and oxygen atoms in total. The number of anilines is 1. The molecule has 3 rings (SSSR count). The van der Waals surface area contributed by atoms with Crippen LogP contribution in [0.2, 0.25) is 0 Å². The number of nitro groups is 1. The fourth-order valence-corrected chi connectivity index (χ4v) is 2.83. The number of halogens is 1. The van der Waals surface area contributed by atoms with Crippen molar-refractivity contribution in [3.8, 4) is 0 Å². The second kappa shape index (κ2) is 7.77. The monoisotopic (exact) mass is 369 g/mol. The van der Waals surface area contributed by atoms with Crippen LogP contribution >= 0.6 is 0 Å². The van der Waals surface area contributed by atoms with Gasteiger partial charge in [-0.3, -0.25) is 19.7 Å². The van der Waals surface area contributed by atoms with Crippen molar-refractivity contribution in [1.29, 1.82) is 0 Å². The number of nitrogens with zero attached hydrogens (tertiary/aromatic N) is 2. The van der Waals surface area contributed by atoms with E-state index in [0.717, 1.165) is 0 Å². The van der Waals surface area contributed by atoms with E-state index in [-0.39, 0.29) is 36.5 Å². The fourth-order valence-electron chi connectivity index (χ4n) is 2.83. The highest BCUT2D eigenvalue weighted by atomic mass is 19.1. The van der Waals surface area contributed by atoms with Crippen molar-refractivity contribution in [3.63, 3.8) is 0 Å². The van der Waals surface area contributed by atoms with Crippen molar-refractivity contribution in [2.24, 2.45) is 0 Å². The van der Waals surface area contributed by atoms with Crippen molar-refractivity contribution in [1.82, 2.24) is 5.32 Å². The zero-order valence-corrected chi connectivity index (χ0v) is 14.2. The molecule has 1 atom stereocenters. The molecule has 0 bridgehead atoms. The number of rotatable bonds is 5. The molecule has 2 amide bonds. The number of nitrogens with one attached hydrogen (secondary N) is 1. The lowest BCUT2D eigenvalue weighted by Crippen LogP contribution is -2.36. The van der Waals surface area contributed by atoms with Gasteiger partial charge in [-0.2, -0.15) is 0 Å². The number of nitro benzene ring substituents is 1. The third-order valence-electron chi connectivity index (χ3n) is 4.12. The maximum atomic E-state index is 13.3. The summed E-state index contributed by atoms with van der Waals surface area (Å²) in [7, 11) is 0. The van der Waals surface area contributed by atoms with E-state index >= 15 is 0 Å². The molecule has 2 aromatic rings. The molecule has 0 unspecified atom stereocenters. The van der Waals surface area contributed by atoms with Crippen molar-refractivity contribution in [2.75, 3.05) is 11.4 Å². The Kier molecular flexibility index (Phi) is 5.25. The second-order valence-corrected chi connectivity index (χ2v) is 6.08. The lowest BCUT2D eigenvalue weighted by Gasteiger charge is -2.17. The molecule has 27 heavy (non-hydrogen) atoms. The second-order valence-electron chi connectivity index (χ2n) is 6.08. The van der Waals surface area contributed by atoms with E-state index in [1.165, 1.54) is 59.5 Å². The largest absolute Gasteiger partial charge is 0.347 e. The molecule has 0 saturated carbocycles. The Morgan fingerprint density at radius 1 is 1.26 bits per heavy atom. The number of non-ortho nitro benzene ring substituents is 1.